The Morgan fingerprint density at radius 3 is 2.15 bits per heavy atom. The Labute approximate surface area is 265 Å². The van der Waals surface area contributed by atoms with Crippen LogP contribution in [0.25, 0.3) is 43.6 Å². The fourth-order valence-corrected chi connectivity index (χ4v) is 7.32. The number of aliphatic hydroxyl groups is 4. The number of para-hydroxylation sites is 2. The number of carboxylic acid groups (broad SMARTS) is 1. The van der Waals surface area contributed by atoms with Gasteiger partial charge in [0.05, 0.1) is 34.3 Å². The summed E-state index contributed by atoms with van der Waals surface area (Å²) in [5, 5.41) is 54.8. The second-order valence-corrected chi connectivity index (χ2v) is 12.0. The van der Waals surface area contributed by atoms with E-state index in [1.165, 1.54) is 0 Å². The third-order valence-corrected chi connectivity index (χ3v) is 9.46. The van der Waals surface area contributed by atoms with Crippen molar-refractivity contribution in [1.29, 1.82) is 0 Å². The molecule has 12 nitrogen and oxygen atoms in total. The van der Waals surface area contributed by atoms with Gasteiger partial charge < -0.3 is 39.8 Å². The third-order valence-electron chi connectivity index (χ3n) is 9.46. The number of amides is 2. The highest BCUT2D eigenvalue weighted by Gasteiger charge is 2.49. The first kappa shape index (κ1) is 29.3. The SMILES string of the molecule is O=C(O)[C@H](Cc1ccccc1)N1C(=O)c2c(c3c4ccccc4n([C@@H]4O[C@H](CO)[C@@H](O)[C@H](O)[C@H]4O)c3c3[nH]c4ccccc4c23)C1=O. The second-order valence-electron chi connectivity index (χ2n) is 12.0. The third kappa shape index (κ3) is 4.10. The molecule has 0 aliphatic carbocycles. The van der Waals surface area contributed by atoms with Crippen molar-refractivity contribution in [1.82, 2.24) is 14.5 Å². The van der Waals surface area contributed by atoms with Gasteiger partial charge in [-0.15, -0.1) is 0 Å². The number of carboxylic acids is 1. The Bertz CT molecular complexity index is 2260. The summed E-state index contributed by atoms with van der Waals surface area (Å²) >= 11 is 0. The number of aliphatic carboxylic acids is 1. The molecule has 6 aromatic rings. The van der Waals surface area contributed by atoms with E-state index in [0.29, 0.717) is 49.2 Å². The topological polar surface area (TPSA) is 186 Å². The molecule has 238 valence electrons. The van der Waals surface area contributed by atoms with Gasteiger partial charge in [-0.1, -0.05) is 66.7 Å². The van der Waals surface area contributed by atoms with Gasteiger partial charge in [0.15, 0.2) is 6.23 Å². The predicted octanol–water partition coefficient (Wildman–Crippen LogP) is 2.69. The number of hydrogen-bond donors (Lipinski definition) is 6. The highest BCUT2D eigenvalue weighted by Crippen LogP contribution is 2.47. The molecule has 0 saturated carbocycles. The molecule has 1 fully saturated rings. The Morgan fingerprint density at radius 2 is 1.45 bits per heavy atom. The van der Waals surface area contributed by atoms with Crippen LogP contribution in [0, 0.1) is 0 Å². The van der Waals surface area contributed by atoms with Crippen molar-refractivity contribution in [2.24, 2.45) is 0 Å². The summed E-state index contributed by atoms with van der Waals surface area (Å²) in [6, 6.07) is 21.4. The number of aromatic amines is 1. The monoisotopic (exact) mass is 635 g/mol. The fraction of sp³-hybridized carbons (Fsp3) is 0.229. The number of aliphatic hydroxyl groups excluding tert-OH is 4. The predicted molar refractivity (Wildman–Crippen MR) is 170 cm³/mol. The summed E-state index contributed by atoms with van der Waals surface area (Å²) in [4.78, 5) is 46.0. The number of carbonyl (C=O) groups excluding carboxylic acids is 2. The summed E-state index contributed by atoms with van der Waals surface area (Å²) < 4.78 is 7.64. The fourth-order valence-electron chi connectivity index (χ4n) is 7.32. The largest absolute Gasteiger partial charge is 0.480 e. The van der Waals surface area contributed by atoms with Crippen molar-refractivity contribution < 1.29 is 44.7 Å². The van der Waals surface area contributed by atoms with Crippen LogP contribution in [-0.2, 0) is 16.0 Å². The van der Waals surface area contributed by atoms with Crippen molar-refractivity contribution in [3.05, 3.63) is 95.6 Å². The zero-order valence-electron chi connectivity index (χ0n) is 24.6. The molecule has 47 heavy (non-hydrogen) atoms. The number of rotatable bonds is 6. The normalized spacial score (nSPS) is 23.7. The number of imide groups is 1. The Morgan fingerprint density at radius 1 is 0.809 bits per heavy atom. The summed E-state index contributed by atoms with van der Waals surface area (Å²) in [6.07, 6.45) is -7.58. The zero-order valence-corrected chi connectivity index (χ0v) is 24.6. The number of ether oxygens (including phenoxy) is 1. The average molecular weight is 636 g/mol. The molecule has 1 saturated heterocycles. The molecule has 6 N–H and O–H groups in total. The van der Waals surface area contributed by atoms with Crippen LogP contribution >= 0.6 is 0 Å². The van der Waals surface area contributed by atoms with Gasteiger partial charge >= 0.3 is 5.97 Å². The molecule has 2 amide bonds. The van der Waals surface area contributed by atoms with Crippen LogP contribution in [0.15, 0.2) is 78.9 Å². The van der Waals surface area contributed by atoms with Gasteiger partial charge in [0.25, 0.3) is 11.8 Å². The highest BCUT2D eigenvalue weighted by molar-refractivity contribution is 6.39. The first-order valence-electron chi connectivity index (χ1n) is 15.2. The van der Waals surface area contributed by atoms with Crippen molar-refractivity contribution in [2.45, 2.75) is 43.1 Å². The summed E-state index contributed by atoms with van der Waals surface area (Å²) in [6.45, 7) is -0.643. The minimum atomic E-state index is -1.68. The van der Waals surface area contributed by atoms with E-state index in [-0.39, 0.29) is 17.5 Å². The van der Waals surface area contributed by atoms with Gasteiger partial charge in [0.2, 0.25) is 0 Å². The van der Waals surface area contributed by atoms with E-state index in [1.54, 1.807) is 71.3 Å². The molecule has 0 unspecified atom stereocenters. The molecule has 4 heterocycles. The quantitative estimate of drug-likeness (QED) is 0.150. The molecule has 2 aliphatic heterocycles. The molecule has 0 bridgehead atoms. The number of carbonyl (C=O) groups is 3. The van der Waals surface area contributed by atoms with E-state index < -0.39 is 61.1 Å². The Balaban J connectivity index is 1.47. The van der Waals surface area contributed by atoms with Crippen molar-refractivity contribution in [2.75, 3.05) is 6.61 Å². The smallest absolute Gasteiger partial charge is 0.327 e. The molecule has 12 heteroatoms. The molecular weight excluding hydrogens is 606 g/mol. The molecule has 6 atom stereocenters. The molecule has 0 spiro atoms. The summed E-state index contributed by atoms with van der Waals surface area (Å²) in [5.74, 6) is -2.85. The van der Waals surface area contributed by atoms with E-state index in [9.17, 15) is 39.9 Å². The van der Waals surface area contributed by atoms with Gasteiger partial charge in [0, 0.05) is 33.5 Å². The zero-order chi connectivity index (χ0) is 32.7. The lowest BCUT2D eigenvalue weighted by atomic mass is 9.96. The Hall–Kier alpha value is -5.11. The first-order valence-corrected chi connectivity index (χ1v) is 15.2. The van der Waals surface area contributed by atoms with Crippen molar-refractivity contribution in [3.63, 3.8) is 0 Å². The van der Waals surface area contributed by atoms with Crippen LogP contribution in [0.1, 0.15) is 32.5 Å². The van der Waals surface area contributed by atoms with E-state index in [0.717, 1.165) is 4.90 Å². The van der Waals surface area contributed by atoms with Crippen molar-refractivity contribution >= 4 is 61.4 Å². The van der Waals surface area contributed by atoms with Crippen LogP contribution in [-0.4, -0.2) is 94.8 Å². The number of hydrogen-bond acceptors (Lipinski definition) is 8. The Kier molecular flexibility index (Phi) is 6.69. The number of nitrogens with one attached hydrogen (secondary N) is 1. The van der Waals surface area contributed by atoms with Gasteiger partial charge in [-0.3, -0.25) is 14.5 Å². The van der Waals surface area contributed by atoms with Crippen LogP contribution in [0.2, 0.25) is 0 Å². The number of fused-ring (bicyclic) bond motifs is 10. The minimum absolute atomic E-state index is 0.0149. The molecule has 2 aliphatic rings. The van der Waals surface area contributed by atoms with Crippen LogP contribution in [0.3, 0.4) is 0 Å². The van der Waals surface area contributed by atoms with E-state index >= 15 is 0 Å². The molecule has 0 radical (unpaired) electrons. The number of aromatic nitrogens is 2. The minimum Gasteiger partial charge on any atom is -0.480 e. The summed E-state index contributed by atoms with van der Waals surface area (Å²) in [5.41, 5.74) is 2.60. The lowest BCUT2D eigenvalue weighted by molar-refractivity contribution is -0.249. The maximum Gasteiger partial charge on any atom is 0.327 e. The molecule has 4 aromatic carbocycles. The number of H-pyrrole nitrogens is 1. The van der Waals surface area contributed by atoms with Crippen LogP contribution in [0.4, 0.5) is 0 Å². The molecule has 8 rings (SSSR count). The second kappa shape index (κ2) is 10.7. The maximum atomic E-state index is 14.6. The van der Waals surface area contributed by atoms with Gasteiger partial charge in [-0.05, 0) is 17.7 Å². The van der Waals surface area contributed by atoms with Gasteiger partial charge in [-0.2, -0.15) is 0 Å². The van der Waals surface area contributed by atoms with Crippen molar-refractivity contribution in [3.8, 4) is 0 Å². The van der Waals surface area contributed by atoms with E-state index in [4.69, 9.17) is 4.74 Å². The standard InChI is InChI=1S/C35H29N3O9/c39-15-22-29(40)30(41)31(42)34(47-22)37-20-13-7-5-11-18(20)24-26-25(23-17-10-4-6-12-19(17)36-27(23)28(24)37)32(43)38(33(26)44)21(35(45)46)14-16-8-2-1-3-9-16/h1-13,21-22,29-31,34,36,39-42H,14-15H2,(H,45,46)/t21-,22+,29+,30-,31+,34+/m0/s1. The maximum absolute atomic E-state index is 14.6. The average Bonchev–Trinajstić information content (AvgIpc) is 3.71. The first-order chi connectivity index (χ1) is 22.7. The summed E-state index contributed by atoms with van der Waals surface area (Å²) in [7, 11) is 0. The van der Waals surface area contributed by atoms with Crippen LogP contribution < -0.4 is 0 Å². The van der Waals surface area contributed by atoms with Gasteiger partial charge in [-0.25, -0.2) is 4.79 Å². The lowest BCUT2D eigenvalue weighted by Crippen LogP contribution is -2.56. The van der Waals surface area contributed by atoms with E-state index in [2.05, 4.69) is 4.98 Å². The highest BCUT2D eigenvalue weighted by atomic mass is 16.6. The van der Waals surface area contributed by atoms with Crippen LogP contribution in [0.5, 0.6) is 0 Å². The number of nitrogens with zero attached hydrogens (tertiary/aromatic N) is 2. The molecule has 2 aromatic heterocycles. The van der Waals surface area contributed by atoms with E-state index in [1.807, 2.05) is 12.1 Å². The molecular formula is C35H29N3O9. The number of benzene rings is 4. The lowest BCUT2D eigenvalue weighted by Gasteiger charge is -2.41. The van der Waals surface area contributed by atoms with Gasteiger partial charge in [0.1, 0.15) is 30.5 Å².